The number of nitrogens with zero attached hydrogens (tertiary/aromatic N) is 3. The van der Waals surface area contributed by atoms with Crippen LogP contribution in [0.4, 0.5) is 0 Å². The maximum absolute atomic E-state index is 12.6. The van der Waals surface area contributed by atoms with Crippen LogP contribution >= 0.6 is 0 Å². The molecule has 1 unspecified atom stereocenters. The highest BCUT2D eigenvalue weighted by atomic mass is 16.1. The maximum Gasteiger partial charge on any atom is 0.166 e. The number of carbonyl (C=O) groups is 1. The van der Waals surface area contributed by atoms with Crippen molar-refractivity contribution >= 4 is 5.78 Å². The summed E-state index contributed by atoms with van der Waals surface area (Å²) in [7, 11) is 0. The van der Waals surface area contributed by atoms with E-state index in [1.54, 1.807) is 12.4 Å². The summed E-state index contributed by atoms with van der Waals surface area (Å²) in [6.07, 6.45) is 5.91. The molecule has 1 aromatic carbocycles. The van der Waals surface area contributed by atoms with Crippen molar-refractivity contribution < 1.29 is 4.79 Å². The minimum absolute atomic E-state index is 0.0938. The lowest BCUT2D eigenvalue weighted by Crippen LogP contribution is -2.17. The van der Waals surface area contributed by atoms with Crippen LogP contribution < -0.4 is 0 Å². The summed E-state index contributed by atoms with van der Waals surface area (Å²) in [5.74, 6) is 0.196. The Labute approximate surface area is 141 Å². The highest BCUT2D eigenvalue weighted by Crippen LogP contribution is 2.33. The number of hydrogen-bond donors (Lipinski definition) is 0. The van der Waals surface area contributed by atoms with Crippen molar-refractivity contribution in [2.24, 2.45) is 0 Å². The van der Waals surface area contributed by atoms with Gasteiger partial charge in [0, 0.05) is 24.4 Å². The van der Waals surface area contributed by atoms with E-state index in [2.05, 4.69) is 24.0 Å². The van der Waals surface area contributed by atoms with Crippen LogP contribution in [0.15, 0.2) is 54.9 Å². The number of pyridine rings is 1. The number of fused-ring (bicyclic) bond motifs is 1. The van der Waals surface area contributed by atoms with Gasteiger partial charge in [0.25, 0.3) is 0 Å². The van der Waals surface area contributed by atoms with E-state index in [9.17, 15) is 4.79 Å². The number of Topliss-reactive ketones (excluding diaryl/α,β-unsaturated/α-hetero) is 1. The number of benzene rings is 1. The summed E-state index contributed by atoms with van der Waals surface area (Å²) in [4.78, 5) is 16.8. The minimum atomic E-state index is 0.0938. The summed E-state index contributed by atoms with van der Waals surface area (Å²) >= 11 is 0. The molecule has 3 aromatic rings. The Kier molecular flexibility index (Phi) is 3.73. The number of hydrogen-bond acceptors (Lipinski definition) is 3. The molecule has 0 saturated heterocycles. The third kappa shape index (κ3) is 2.44. The van der Waals surface area contributed by atoms with Crippen molar-refractivity contribution in [3.05, 3.63) is 71.7 Å². The van der Waals surface area contributed by atoms with Gasteiger partial charge in [0.2, 0.25) is 0 Å². The first-order valence-electron chi connectivity index (χ1n) is 8.35. The summed E-state index contributed by atoms with van der Waals surface area (Å²) in [5, 5.41) is 4.84. The Morgan fingerprint density at radius 1 is 1.08 bits per heavy atom. The smallest absolute Gasteiger partial charge is 0.166 e. The SMILES string of the molecule is CC(c1ccccc1)n1nc(-c2cccnc2)c2c1CCCC2=O. The van der Waals surface area contributed by atoms with Crippen molar-refractivity contribution in [2.45, 2.75) is 32.2 Å². The van der Waals surface area contributed by atoms with Gasteiger partial charge in [-0.2, -0.15) is 5.10 Å². The van der Waals surface area contributed by atoms with Gasteiger partial charge in [-0.15, -0.1) is 0 Å². The topological polar surface area (TPSA) is 47.8 Å². The van der Waals surface area contributed by atoms with Gasteiger partial charge in [0.05, 0.1) is 17.3 Å². The molecule has 0 saturated carbocycles. The first-order chi connectivity index (χ1) is 11.8. The second-order valence-corrected chi connectivity index (χ2v) is 6.22. The lowest BCUT2D eigenvalue weighted by Gasteiger charge is -2.18. The highest BCUT2D eigenvalue weighted by molar-refractivity contribution is 6.03. The molecule has 24 heavy (non-hydrogen) atoms. The molecule has 1 aliphatic rings. The van der Waals surface area contributed by atoms with Gasteiger partial charge in [-0.3, -0.25) is 14.5 Å². The van der Waals surface area contributed by atoms with Gasteiger partial charge in [-0.25, -0.2) is 0 Å². The lowest BCUT2D eigenvalue weighted by atomic mass is 9.92. The molecule has 4 rings (SSSR count). The zero-order valence-corrected chi connectivity index (χ0v) is 13.6. The van der Waals surface area contributed by atoms with Crippen molar-refractivity contribution in [1.29, 1.82) is 0 Å². The van der Waals surface area contributed by atoms with E-state index in [0.29, 0.717) is 6.42 Å². The minimum Gasteiger partial charge on any atom is -0.294 e. The molecule has 2 heterocycles. The molecule has 0 spiro atoms. The van der Waals surface area contributed by atoms with Crippen molar-refractivity contribution in [2.75, 3.05) is 0 Å². The van der Waals surface area contributed by atoms with Crippen LogP contribution in [0.3, 0.4) is 0 Å². The highest BCUT2D eigenvalue weighted by Gasteiger charge is 2.29. The van der Waals surface area contributed by atoms with Crippen LogP contribution in [0.2, 0.25) is 0 Å². The maximum atomic E-state index is 12.6. The molecular weight excluding hydrogens is 298 g/mol. The zero-order valence-electron chi connectivity index (χ0n) is 13.6. The first-order valence-corrected chi connectivity index (χ1v) is 8.35. The van der Waals surface area contributed by atoms with Crippen LogP contribution in [0, 0.1) is 0 Å². The predicted octanol–water partition coefficient (Wildman–Crippen LogP) is 4.07. The van der Waals surface area contributed by atoms with Crippen molar-refractivity contribution in [1.82, 2.24) is 14.8 Å². The largest absolute Gasteiger partial charge is 0.294 e. The molecule has 0 aliphatic heterocycles. The average Bonchev–Trinajstić information content (AvgIpc) is 3.04. The fourth-order valence-corrected chi connectivity index (χ4v) is 3.44. The second-order valence-electron chi connectivity index (χ2n) is 6.22. The van der Waals surface area contributed by atoms with Crippen LogP contribution in [-0.4, -0.2) is 20.5 Å². The van der Waals surface area contributed by atoms with Crippen LogP contribution in [0.1, 0.15) is 47.4 Å². The molecule has 2 aromatic heterocycles. The van der Waals surface area contributed by atoms with Crippen LogP contribution in [-0.2, 0) is 6.42 Å². The summed E-state index contributed by atoms with van der Waals surface area (Å²) < 4.78 is 2.03. The van der Waals surface area contributed by atoms with E-state index >= 15 is 0 Å². The van der Waals surface area contributed by atoms with Gasteiger partial charge in [-0.1, -0.05) is 30.3 Å². The molecular formula is C20H19N3O. The third-order valence-electron chi connectivity index (χ3n) is 4.69. The van der Waals surface area contributed by atoms with E-state index in [0.717, 1.165) is 35.4 Å². The number of aromatic nitrogens is 3. The van der Waals surface area contributed by atoms with Gasteiger partial charge in [-0.05, 0) is 37.5 Å². The monoisotopic (exact) mass is 317 g/mol. The molecule has 1 atom stereocenters. The summed E-state index contributed by atoms with van der Waals surface area (Å²) in [6.45, 7) is 2.13. The van der Waals surface area contributed by atoms with E-state index in [1.165, 1.54) is 5.56 Å². The van der Waals surface area contributed by atoms with Crippen molar-refractivity contribution in [3.63, 3.8) is 0 Å². The fraction of sp³-hybridized carbons (Fsp3) is 0.250. The molecule has 4 nitrogen and oxygen atoms in total. The number of carbonyl (C=O) groups excluding carboxylic acids is 1. The van der Waals surface area contributed by atoms with E-state index < -0.39 is 0 Å². The third-order valence-corrected chi connectivity index (χ3v) is 4.69. The van der Waals surface area contributed by atoms with Crippen LogP contribution in [0.25, 0.3) is 11.3 Å². The quantitative estimate of drug-likeness (QED) is 0.731. The Morgan fingerprint density at radius 3 is 2.67 bits per heavy atom. The zero-order chi connectivity index (χ0) is 16.5. The van der Waals surface area contributed by atoms with E-state index in [-0.39, 0.29) is 11.8 Å². The molecule has 0 amide bonds. The van der Waals surface area contributed by atoms with Crippen molar-refractivity contribution in [3.8, 4) is 11.3 Å². The number of rotatable bonds is 3. The van der Waals surface area contributed by atoms with Crippen LogP contribution in [0.5, 0.6) is 0 Å². The first kappa shape index (κ1) is 14.8. The molecule has 1 aliphatic carbocycles. The summed E-state index contributed by atoms with van der Waals surface area (Å²) in [6, 6.07) is 14.2. The Balaban J connectivity index is 1.88. The Morgan fingerprint density at radius 2 is 1.92 bits per heavy atom. The van der Waals surface area contributed by atoms with Gasteiger partial charge in [0.15, 0.2) is 5.78 Å². The van der Waals surface area contributed by atoms with E-state index in [4.69, 9.17) is 5.10 Å². The summed E-state index contributed by atoms with van der Waals surface area (Å²) in [5.41, 5.74) is 4.71. The molecule has 0 bridgehead atoms. The van der Waals surface area contributed by atoms with Gasteiger partial charge < -0.3 is 0 Å². The fourth-order valence-electron chi connectivity index (χ4n) is 3.44. The normalized spacial score (nSPS) is 15.1. The predicted molar refractivity (Wildman–Crippen MR) is 93.0 cm³/mol. The second kappa shape index (κ2) is 6.04. The Hall–Kier alpha value is -2.75. The molecule has 4 heteroatoms. The Bertz CT molecular complexity index is 869. The molecule has 0 radical (unpaired) electrons. The average molecular weight is 317 g/mol. The molecule has 120 valence electrons. The van der Waals surface area contributed by atoms with Gasteiger partial charge >= 0.3 is 0 Å². The molecule has 0 N–H and O–H groups in total. The van der Waals surface area contributed by atoms with Gasteiger partial charge in [0.1, 0.15) is 5.69 Å². The lowest BCUT2D eigenvalue weighted by molar-refractivity contribution is 0.0972. The van der Waals surface area contributed by atoms with E-state index in [1.807, 2.05) is 35.0 Å². The molecule has 0 fully saturated rings. The standard InChI is InChI=1S/C20H19N3O/c1-14(15-7-3-2-4-8-15)23-17-10-5-11-18(24)19(17)20(22-23)16-9-6-12-21-13-16/h2-4,6-9,12-14H,5,10-11H2,1H3. The number of ketones is 1.